The van der Waals surface area contributed by atoms with E-state index < -0.39 is 32.7 Å². The highest BCUT2D eigenvalue weighted by molar-refractivity contribution is 7.89. The normalized spacial score (nSPS) is 13.4. The van der Waals surface area contributed by atoms with E-state index >= 15 is 0 Å². The number of aliphatic carboxylic acids is 1. The summed E-state index contributed by atoms with van der Waals surface area (Å²) in [5, 5.41) is 8.85. The molecule has 1 aromatic carbocycles. The molecule has 0 amide bonds. The van der Waals surface area contributed by atoms with Crippen molar-refractivity contribution in [2.75, 3.05) is 0 Å². The van der Waals surface area contributed by atoms with Crippen molar-refractivity contribution >= 4 is 27.6 Å². The molecule has 2 N–H and O–H groups in total. The molecule has 1 rings (SSSR count). The van der Waals surface area contributed by atoms with Gasteiger partial charge in [-0.1, -0.05) is 25.4 Å². The average Bonchev–Trinajstić information content (AvgIpc) is 2.30. The van der Waals surface area contributed by atoms with Gasteiger partial charge in [-0.3, -0.25) is 4.79 Å². The predicted octanol–water partition coefficient (Wildman–Crippen LogP) is 2.26. The average molecular weight is 324 g/mol. The molecule has 0 aliphatic rings. The topological polar surface area (TPSA) is 83.5 Å². The first-order chi connectivity index (χ1) is 9.13. The predicted molar refractivity (Wildman–Crippen MR) is 72.6 cm³/mol. The van der Waals surface area contributed by atoms with Crippen LogP contribution in [0.25, 0.3) is 0 Å². The molecular formula is C12H15ClFNO4S. The van der Waals surface area contributed by atoms with Gasteiger partial charge in [0.15, 0.2) is 0 Å². The Morgan fingerprint density at radius 2 is 2.05 bits per heavy atom. The lowest BCUT2D eigenvalue weighted by Crippen LogP contribution is -2.41. The zero-order valence-corrected chi connectivity index (χ0v) is 12.5. The van der Waals surface area contributed by atoms with Gasteiger partial charge in [-0.15, -0.1) is 0 Å². The van der Waals surface area contributed by atoms with E-state index in [4.69, 9.17) is 16.7 Å². The number of rotatable bonds is 6. The fourth-order valence-electron chi connectivity index (χ4n) is 1.60. The summed E-state index contributed by atoms with van der Waals surface area (Å²) in [7, 11) is -4.21. The first kappa shape index (κ1) is 16.9. The molecule has 1 unspecified atom stereocenters. The van der Waals surface area contributed by atoms with Gasteiger partial charge in [0.25, 0.3) is 0 Å². The van der Waals surface area contributed by atoms with Crippen LogP contribution >= 0.6 is 11.6 Å². The Bertz CT molecular complexity index is 603. The Morgan fingerprint density at radius 3 is 2.55 bits per heavy atom. The van der Waals surface area contributed by atoms with Crippen LogP contribution in [0.5, 0.6) is 0 Å². The van der Waals surface area contributed by atoms with E-state index in [-0.39, 0.29) is 17.4 Å². The van der Waals surface area contributed by atoms with E-state index in [9.17, 15) is 17.6 Å². The van der Waals surface area contributed by atoms with E-state index in [0.29, 0.717) is 0 Å². The van der Waals surface area contributed by atoms with E-state index in [1.54, 1.807) is 13.8 Å². The lowest BCUT2D eigenvalue weighted by Gasteiger charge is -2.17. The maximum absolute atomic E-state index is 13.1. The largest absolute Gasteiger partial charge is 0.480 e. The number of halogens is 2. The smallest absolute Gasteiger partial charge is 0.321 e. The maximum atomic E-state index is 13.1. The van der Waals surface area contributed by atoms with Crippen LogP contribution < -0.4 is 4.72 Å². The van der Waals surface area contributed by atoms with Gasteiger partial charge in [0, 0.05) is 0 Å². The van der Waals surface area contributed by atoms with Gasteiger partial charge in [0.1, 0.15) is 16.8 Å². The first-order valence-corrected chi connectivity index (χ1v) is 7.69. The molecule has 1 atom stereocenters. The molecule has 0 aliphatic heterocycles. The zero-order chi connectivity index (χ0) is 15.5. The van der Waals surface area contributed by atoms with Crippen molar-refractivity contribution in [2.24, 2.45) is 5.92 Å². The molecular weight excluding hydrogens is 309 g/mol. The second-order valence-corrected chi connectivity index (χ2v) is 6.81. The third-order valence-corrected chi connectivity index (χ3v) is 4.44. The fraction of sp³-hybridized carbons (Fsp3) is 0.417. The van der Waals surface area contributed by atoms with Crippen LogP contribution in [0.2, 0.25) is 5.02 Å². The molecule has 112 valence electrons. The highest BCUT2D eigenvalue weighted by Gasteiger charge is 2.27. The Hall–Kier alpha value is -1.18. The van der Waals surface area contributed by atoms with Gasteiger partial charge in [-0.05, 0) is 30.5 Å². The highest BCUT2D eigenvalue weighted by atomic mass is 35.5. The molecule has 0 radical (unpaired) electrons. The molecule has 1 aromatic rings. The molecule has 0 aromatic heterocycles. The van der Waals surface area contributed by atoms with E-state index in [1.165, 1.54) is 0 Å². The Kier molecular flexibility index (Phi) is 5.50. The summed E-state index contributed by atoms with van der Waals surface area (Å²) < 4.78 is 39.3. The number of nitrogens with one attached hydrogen (secondary N) is 1. The Morgan fingerprint density at radius 1 is 1.45 bits per heavy atom. The van der Waals surface area contributed by atoms with Gasteiger partial charge >= 0.3 is 5.97 Å². The van der Waals surface area contributed by atoms with Crippen molar-refractivity contribution in [1.29, 1.82) is 0 Å². The first-order valence-electron chi connectivity index (χ1n) is 5.83. The van der Waals surface area contributed by atoms with E-state index in [2.05, 4.69) is 0 Å². The van der Waals surface area contributed by atoms with Gasteiger partial charge in [-0.2, -0.15) is 4.72 Å². The van der Waals surface area contributed by atoms with Crippen LogP contribution in [-0.2, 0) is 14.8 Å². The van der Waals surface area contributed by atoms with Crippen molar-refractivity contribution in [3.05, 3.63) is 29.0 Å². The summed E-state index contributed by atoms with van der Waals surface area (Å²) >= 11 is 5.72. The summed E-state index contributed by atoms with van der Waals surface area (Å²) in [5.41, 5.74) is 0. The SMILES string of the molecule is CC(C)CC(NS(=O)(=O)c1cc(F)ccc1Cl)C(=O)O. The summed E-state index contributed by atoms with van der Waals surface area (Å²) in [4.78, 5) is 10.6. The summed E-state index contributed by atoms with van der Waals surface area (Å²) in [5.74, 6) is -2.10. The zero-order valence-electron chi connectivity index (χ0n) is 10.9. The number of benzene rings is 1. The summed E-state index contributed by atoms with van der Waals surface area (Å²) in [6.07, 6.45) is 0.113. The van der Waals surface area contributed by atoms with Crippen LogP contribution in [0.15, 0.2) is 23.1 Å². The standard InChI is InChI=1S/C12H15ClFNO4S/c1-7(2)5-10(12(16)17)15-20(18,19)11-6-8(14)3-4-9(11)13/h3-4,6-7,10,15H,5H2,1-2H3,(H,16,17). The minimum atomic E-state index is -4.21. The van der Waals surface area contributed by atoms with Crippen molar-refractivity contribution in [2.45, 2.75) is 31.2 Å². The molecule has 8 heteroatoms. The molecule has 0 saturated carbocycles. The maximum Gasteiger partial charge on any atom is 0.321 e. The molecule has 0 saturated heterocycles. The van der Waals surface area contributed by atoms with Gasteiger partial charge in [0.2, 0.25) is 10.0 Å². The molecule has 0 bridgehead atoms. The van der Waals surface area contributed by atoms with E-state index in [0.717, 1.165) is 18.2 Å². The van der Waals surface area contributed by atoms with Crippen LogP contribution in [0.1, 0.15) is 20.3 Å². The highest BCUT2D eigenvalue weighted by Crippen LogP contribution is 2.22. The number of carboxylic acid groups (broad SMARTS) is 1. The quantitative estimate of drug-likeness (QED) is 0.841. The van der Waals surface area contributed by atoms with Crippen molar-refractivity contribution < 1.29 is 22.7 Å². The van der Waals surface area contributed by atoms with Gasteiger partial charge in [-0.25, -0.2) is 12.8 Å². The van der Waals surface area contributed by atoms with Crippen molar-refractivity contribution in [3.63, 3.8) is 0 Å². The molecule has 5 nitrogen and oxygen atoms in total. The number of carboxylic acids is 1. The summed E-state index contributed by atoms with van der Waals surface area (Å²) in [6.45, 7) is 3.53. The van der Waals surface area contributed by atoms with E-state index in [1.807, 2.05) is 4.72 Å². The number of hydrogen-bond donors (Lipinski definition) is 2. The van der Waals surface area contributed by atoms with Crippen LogP contribution in [0, 0.1) is 11.7 Å². The Labute approximate surface area is 121 Å². The van der Waals surface area contributed by atoms with Gasteiger partial charge in [0.05, 0.1) is 5.02 Å². The molecule has 0 heterocycles. The third-order valence-electron chi connectivity index (χ3n) is 2.49. The minimum Gasteiger partial charge on any atom is -0.480 e. The van der Waals surface area contributed by atoms with Crippen molar-refractivity contribution in [1.82, 2.24) is 4.72 Å². The second kappa shape index (κ2) is 6.51. The second-order valence-electron chi connectivity index (χ2n) is 4.72. The lowest BCUT2D eigenvalue weighted by atomic mass is 10.1. The van der Waals surface area contributed by atoms with Gasteiger partial charge < -0.3 is 5.11 Å². The minimum absolute atomic E-state index is 0.0261. The lowest BCUT2D eigenvalue weighted by molar-refractivity contribution is -0.139. The number of sulfonamides is 1. The number of carbonyl (C=O) groups is 1. The van der Waals surface area contributed by atoms with Crippen LogP contribution in [0.3, 0.4) is 0 Å². The van der Waals surface area contributed by atoms with Crippen LogP contribution in [-0.4, -0.2) is 25.5 Å². The third kappa shape index (κ3) is 4.43. The molecule has 0 fully saturated rings. The molecule has 0 aliphatic carbocycles. The molecule has 20 heavy (non-hydrogen) atoms. The van der Waals surface area contributed by atoms with Crippen LogP contribution in [0.4, 0.5) is 4.39 Å². The summed E-state index contributed by atoms with van der Waals surface area (Å²) in [6, 6.07) is 1.58. The van der Waals surface area contributed by atoms with Crippen molar-refractivity contribution in [3.8, 4) is 0 Å². The fourth-order valence-corrected chi connectivity index (χ4v) is 3.32. The number of hydrogen-bond acceptors (Lipinski definition) is 3. The molecule has 0 spiro atoms. The Balaban J connectivity index is 3.09. The monoisotopic (exact) mass is 323 g/mol.